The number of aromatic amines is 1. The summed E-state index contributed by atoms with van der Waals surface area (Å²) in [6, 6.07) is 8.60. The number of hydrogen-bond acceptors (Lipinski definition) is 2. The number of nitrogens with zero attached hydrogens (tertiary/aromatic N) is 1. The molecule has 1 aromatic carbocycles. The molecule has 3 nitrogen and oxygen atoms in total. The second-order valence-electron chi connectivity index (χ2n) is 4.65. The molecule has 1 aliphatic carbocycles. The lowest BCUT2D eigenvalue weighted by Gasteiger charge is -2.22. The van der Waals surface area contributed by atoms with Gasteiger partial charge in [-0.3, -0.25) is 5.10 Å². The Labute approximate surface area is 101 Å². The highest BCUT2D eigenvalue weighted by Gasteiger charge is 2.25. The first-order valence-corrected chi connectivity index (χ1v) is 6.21. The van der Waals surface area contributed by atoms with E-state index in [2.05, 4.69) is 53.6 Å². The van der Waals surface area contributed by atoms with E-state index in [1.807, 2.05) is 0 Å². The quantitative estimate of drug-likeness (QED) is 0.827. The predicted molar refractivity (Wildman–Crippen MR) is 70.3 cm³/mol. The molecule has 88 valence electrons. The van der Waals surface area contributed by atoms with Crippen molar-refractivity contribution in [2.75, 3.05) is 11.9 Å². The van der Waals surface area contributed by atoms with E-state index in [9.17, 15) is 0 Å². The van der Waals surface area contributed by atoms with Gasteiger partial charge in [0.15, 0.2) is 5.82 Å². The average Bonchev–Trinajstić information content (AvgIpc) is 2.74. The molecule has 17 heavy (non-hydrogen) atoms. The van der Waals surface area contributed by atoms with Gasteiger partial charge in [-0.15, -0.1) is 0 Å². The molecular formula is C14H17N3. The molecule has 3 heteroatoms. The maximum Gasteiger partial charge on any atom is 0.151 e. The summed E-state index contributed by atoms with van der Waals surface area (Å²) in [7, 11) is 0. The van der Waals surface area contributed by atoms with Crippen LogP contribution in [0.2, 0.25) is 0 Å². The van der Waals surface area contributed by atoms with Crippen molar-refractivity contribution in [2.24, 2.45) is 0 Å². The van der Waals surface area contributed by atoms with E-state index in [0.29, 0.717) is 5.92 Å². The lowest BCUT2D eigenvalue weighted by molar-refractivity contribution is 0.750. The third-order valence-electron chi connectivity index (χ3n) is 3.48. The average molecular weight is 227 g/mol. The number of nitrogens with one attached hydrogen (secondary N) is 2. The third-order valence-corrected chi connectivity index (χ3v) is 3.48. The SMILES string of the molecule is CCNc1n[nH]c2c1CC(C)c1ccccc1-2. The second kappa shape index (κ2) is 3.91. The van der Waals surface area contributed by atoms with Crippen LogP contribution < -0.4 is 5.32 Å². The van der Waals surface area contributed by atoms with Crippen LogP contribution in [0.25, 0.3) is 11.3 Å². The van der Waals surface area contributed by atoms with Crippen LogP contribution in [0, 0.1) is 0 Å². The van der Waals surface area contributed by atoms with Crippen LogP contribution in [0.1, 0.15) is 30.9 Å². The first kappa shape index (κ1) is 10.4. The highest BCUT2D eigenvalue weighted by atomic mass is 15.2. The standard InChI is InChI=1S/C14H17N3/c1-3-15-14-12-8-9(2)10-6-4-5-7-11(10)13(12)16-17-14/h4-7,9H,3,8H2,1-2H3,(H2,15,16,17). The number of aromatic nitrogens is 2. The van der Waals surface area contributed by atoms with E-state index in [1.54, 1.807) is 0 Å². The van der Waals surface area contributed by atoms with Gasteiger partial charge in [-0.1, -0.05) is 31.2 Å². The molecule has 0 amide bonds. The molecule has 0 radical (unpaired) electrons. The van der Waals surface area contributed by atoms with E-state index < -0.39 is 0 Å². The number of H-pyrrole nitrogens is 1. The summed E-state index contributed by atoms with van der Waals surface area (Å²) in [6.45, 7) is 5.29. The monoisotopic (exact) mass is 227 g/mol. The molecular weight excluding hydrogens is 210 g/mol. The fourth-order valence-corrected chi connectivity index (χ4v) is 2.67. The molecule has 2 N–H and O–H groups in total. The lowest BCUT2D eigenvalue weighted by Crippen LogP contribution is -2.09. The number of fused-ring (bicyclic) bond motifs is 3. The fourth-order valence-electron chi connectivity index (χ4n) is 2.67. The van der Waals surface area contributed by atoms with Crippen LogP contribution >= 0.6 is 0 Å². The highest BCUT2D eigenvalue weighted by molar-refractivity contribution is 5.74. The molecule has 0 spiro atoms. The van der Waals surface area contributed by atoms with Gasteiger partial charge in [-0.2, -0.15) is 5.10 Å². The Morgan fingerprint density at radius 2 is 2.24 bits per heavy atom. The van der Waals surface area contributed by atoms with Crippen molar-refractivity contribution < 1.29 is 0 Å². The second-order valence-corrected chi connectivity index (χ2v) is 4.65. The summed E-state index contributed by atoms with van der Waals surface area (Å²) in [5.41, 5.74) is 5.25. The Morgan fingerprint density at radius 3 is 3.06 bits per heavy atom. The van der Waals surface area contributed by atoms with Gasteiger partial charge < -0.3 is 5.32 Å². The van der Waals surface area contributed by atoms with Crippen molar-refractivity contribution in [1.82, 2.24) is 10.2 Å². The van der Waals surface area contributed by atoms with Crippen molar-refractivity contribution >= 4 is 5.82 Å². The topological polar surface area (TPSA) is 40.7 Å². The first-order chi connectivity index (χ1) is 8.31. The van der Waals surface area contributed by atoms with Crippen molar-refractivity contribution in [3.63, 3.8) is 0 Å². The Morgan fingerprint density at radius 1 is 1.41 bits per heavy atom. The molecule has 0 saturated heterocycles. The molecule has 1 unspecified atom stereocenters. The summed E-state index contributed by atoms with van der Waals surface area (Å²) >= 11 is 0. The van der Waals surface area contributed by atoms with Crippen molar-refractivity contribution in [3.05, 3.63) is 35.4 Å². The van der Waals surface area contributed by atoms with Crippen molar-refractivity contribution in [1.29, 1.82) is 0 Å². The number of rotatable bonds is 2. The van der Waals surface area contributed by atoms with E-state index in [4.69, 9.17) is 0 Å². The van der Waals surface area contributed by atoms with E-state index >= 15 is 0 Å². The minimum absolute atomic E-state index is 0.564. The predicted octanol–water partition coefficient (Wildman–Crippen LogP) is 3.17. The smallest absolute Gasteiger partial charge is 0.151 e. The van der Waals surface area contributed by atoms with E-state index in [-0.39, 0.29) is 0 Å². The zero-order valence-corrected chi connectivity index (χ0v) is 10.2. The minimum atomic E-state index is 0.564. The molecule has 0 bridgehead atoms. The van der Waals surface area contributed by atoms with E-state index in [0.717, 1.165) is 18.8 Å². The molecule has 1 atom stereocenters. The van der Waals surface area contributed by atoms with Crippen LogP contribution in [0.15, 0.2) is 24.3 Å². The highest BCUT2D eigenvalue weighted by Crippen LogP contribution is 2.40. The minimum Gasteiger partial charge on any atom is -0.369 e. The number of hydrogen-bond donors (Lipinski definition) is 2. The maximum atomic E-state index is 4.38. The van der Waals surface area contributed by atoms with Crippen molar-refractivity contribution in [3.8, 4) is 11.3 Å². The third kappa shape index (κ3) is 1.54. The van der Waals surface area contributed by atoms with Crippen LogP contribution in [0.4, 0.5) is 5.82 Å². The molecule has 0 saturated carbocycles. The molecule has 0 aliphatic heterocycles. The van der Waals surface area contributed by atoms with Crippen LogP contribution in [-0.2, 0) is 6.42 Å². The van der Waals surface area contributed by atoms with Gasteiger partial charge in [0.25, 0.3) is 0 Å². The molecule has 1 aliphatic rings. The largest absolute Gasteiger partial charge is 0.369 e. The normalized spacial score (nSPS) is 17.4. The van der Waals surface area contributed by atoms with Gasteiger partial charge in [0.05, 0.1) is 5.69 Å². The molecule has 2 aromatic rings. The van der Waals surface area contributed by atoms with Crippen LogP contribution in [0.3, 0.4) is 0 Å². The fraction of sp³-hybridized carbons (Fsp3) is 0.357. The Balaban J connectivity index is 2.15. The van der Waals surface area contributed by atoms with Gasteiger partial charge in [-0.05, 0) is 24.8 Å². The van der Waals surface area contributed by atoms with Gasteiger partial charge in [0, 0.05) is 17.7 Å². The summed E-state index contributed by atoms with van der Waals surface area (Å²) in [4.78, 5) is 0. The lowest BCUT2D eigenvalue weighted by atomic mass is 9.83. The van der Waals surface area contributed by atoms with Gasteiger partial charge in [-0.25, -0.2) is 0 Å². The summed E-state index contributed by atoms with van der Waals surface area (Å²) < 4.78 is 0. The first-order valence-electron chi connectivity index (χ1n) is 6.21. The maximum absolute atomic E-state index is 4.38. The summed E-state index contributed by atoms with van der Waals surface area (Å²) in [5, 5.41) is 10.9. The zero-order chi connectivity index (χ0) is 11.8. The van der Waals surface area contributed by atoms with E-state index in [1.165, 1.54) is 22.4 Å². The van der Waals surface area contributed by atoms with Gasteiger partial charge in [0.2, 0.25) is 0 Å². The summed E-state index contributed by atoms with van der Waals surface area (Å²) in [5.74, 6) is 1.58. The van der Waals surface area contributed by atoms with Crippen LogP contribution in [-0.4, -0.2) is 16.7 Å². The van der Waals surface area contributed by atoms with Crippen LogP contribution in [0.5, 0.6) is 0 Å². The Kier molecular flexibility index (Phi) is 2.39. The molecule has 1 heterocycles. The number of benzene rings is 1. The Hall–Kier alpha value is -1.77. The zero-order valence-electron chi connectivity index (χ0n) is 10.2. The van der Waals surface area contributed by atoms with Crippen molar-refractivity contribution in [2.45, 2.75) is 26.2 Å². The summed E-state index contributed by atoms with van der Waals surface area (Å²) in [6.07, 6.45) is 1.06. The molecule has 1 aromatic heterocycles. The van der Waals surface area contributed by atoms with Gasteiger partial charge in [0.1, 0.15) is 0 Å². The molecule has 3 rings (SSSR count). The van der Waals surface area contributed by atoms with Gasteiger partial charge >= 0.3 is 0 Å². The Bertz CT molecular complexity index is 542. The number of anilines is 1. The molecule has 0 fully saturated rings.